The van der Waals surface area contributed by atoms with Crippen LogP contribution in [0.15, 0.2) is 48.5 Å². The minimum absolute atomic E-state index is 0.720. The van der Waals surface area contributed by atoms with Crippen molar-refractivity contribution in [1.29, 1.82) is 5.26 Å². The summed E-state index contributed by atoms with van der Waals surface area (Å²) in [4.78, 5) is 2.61. The number of nitriles is 1. The summed E-state index contributed by atoms with van der Waals surface area (Å²) >= 11 is 0. The molecule has 2 aromatic rings. The predicted octanol–water partition coefficient (Wildman–Crippen LogP) is 4.33. The van der Waals surface area contributed by atoms with Crippen molar-refractivity contribution >= 4 is 0 Å². The summed E-state index contributed by atoms with van der Waals surface area (Å²) in [5.74, 6) is 1.58. The first-order valence-corrected chi connectivity index (χ1v) is 9.63. The zero-order valence-electron chi connectivity index (χ0n) is 15.9. The van der Waals surface area contributed by atoms with Crippen molar-refractivity contribution in [2.75, 3.05) is 13.1 Å². The Balaban J connectivity index is 1.59. The van der Waals surface area contributed by atoms with Crippen LogP contribution in [-0.4, -0.2) is 18.0 Å². The van der Waals surface area contributed by atoms with Crippen LogP contribution in [0.2, 0.25) is 0 Å². The summed E-state index contributed by atoms with van der Waals surface area (Å²) in [7, 11) is 0. The third kappa shape index (κ3) is 5.17. The van der Waals surface area contributed by atoms with E-state index < -0.39 is 0 Å². The van der Waals surface area contributed by atoms with Gasteiger partial charge in [0.05, 0.1) is 11.6 Å². The maximum absolute atomic E-state index is 9.02. The van der Waals surface area contributed by atoms with Crippen molar-refractivity contribution in [1.82, 2.24) is 10.2 Å². The molecule has 3 rings (SSSR count). The molecule has 0 spiro atoms. The second-order valence-corrected chi connectivity index (χ2v) is 7.82. The van der Waals surface area contributed by atoms with E-state index in [2.05, 4.69) is 60.5 Å². The molecule has 2 aromatic carbocycles. The Kier molecular flexibility index (Phi) is 6.44. The zero-order valence-corrected chi connectivity index (χ0v) is 15.9. The lowest BCUT2D eigenvalue weighted by atomic mass is 9.91. The van der Waals surface area contributed by atoms with E-state index in [4.69, 9.17) is 5.26 Å². The Morgan fingerprint density at radius 2 is 1.73 bits per heavy atom. The van der Waals surface area contributed by atoms with Crippen LogP contribution in [0.3, 0.4) is 0 Å². The Bertz CT molecular complexity index is 752. The molecule has 1 N–H and O–H groups in total. The standard InChI is InChI=1S/C23H29N3/c1-18-10-19(2)16-26(15-18)17-23-9-4-3-8-22(23)14-25-13-21-7-5-6-20(11-21)12-24/h3-9,11,18-19,25H,10,13-17H2,1-2H3/t18-,19-/m0/s1. The SMILES string of the molecule is C[C@H]1C[C@H](C)CN(Cc2ccccc2CNCc2cccc(C#N)c2)C1. The maximum atomic E-state index is 9.02. The normalized spacial score (nSPS) is 20.7. The van der Waals surface area contributed by atoms with Crippen LogP contribution in [-0.2, 0) is 19.6 Å². The van der Waals surface area contributed by atoms with Gasteiger partial charge in [0.2, 0.25) is 0 Å². The van der Waals surface area contributed by atoms with E-state index in [1.807, 2.05) is 18.2 Å². The van der Waals surface area contributed by atoms with Gasteiger partial charge < -0.3 is 5.32 Å². The van der Waals surface area contributed by atoms with Gasteiger partial charge in [-0.2, -0.15) is 5.26 Å². The van der Waals surface area contributed by atoms with Crippen LogP contribution in [0.1, 0.15) is 42.5 Å². The second-order valence-electron chi connectivity index (χ2n) is 7.82. The van der Waals surface area contributed by atoms with Gasteiger partial charge in [0, 0.05) is 32.7 Å². The lowest BCUT2D eigenvalue weighted by molar-refractivity contribution is 0.134. The minimum Gasteiger partial charge on any atom is -0.309 e. The minimum atomic E-state index is 0.720. The van der Waals surface area contributed by atoms with E-state index in [0.717, 1.165) is 42.6 Å². The van der Waals surface area contributed by atoms with Gasteiger partial charge in [-0.25, -0.2) is 0 Å². The van der Waals surface area contributed by atoms with Crippen molar-refractivity contribution in [3.8, 4) is 6.07 Å². The first-order valence-electron chi connectivity index (χ1n) is 9.63. The van der Waals surface area contributed by atoms with Gasteiger partial charge in [-0.05, 0) is 47.1 Å². The number of likely N-dealkylation sites (tertiary alicyclic amines) is 1. The van der Waals surface area contributed by atoms with Gasteiger partial charge in [-0.1, -0.05) is 50.2 Å². The zero-order chi connectivity index (χ0) is 18.4. The number of rotatable bonds is 6. The quantitative estimate of drug-likeness (QED) is 0.845. The summed E-state index contributed by atoms with van der Waals surface area (Å²) in [6.07, 6.45) is 1.35. The van der Waals surface area contributed by atoms with E-state index in [-0.39, 0.29) is 0 Å². The van der Waals surface area contributed by atoms with E-state index in [0.29, 0.717) is 0 Å². The third-order valence-electron chi connectivity index (χ3n) is 5.16. The number of benzene rings is 2. The number of nitrogens with zero attached hydrogens (tertiary/aromatic N) is 2. The summed E-state index contributed by atoms with van der Waals surface area (Å²) in [6, 6.07) is 18.8. The smallest absolute Gasteiger partial charge is 0.0991 e. The van der Waals surface area contributed by atoms with Crippen molar-refractivity contribution in [3.63, 3.8) is 0 Å². The summed E-state index contributed by atoms with van der Waals surface area (Å²) in [5, 5.41) is 12.6. The number of piperidine rings is 1. The lowest BCUT2D eigenvalue weighted by Gasteiger charge is -2.35. The van der Waals surface area contributed by atoms with Crippen LogP contribution in [0.25, 0.3) is 0 Å². The highest BCUT2D eigenvalue weighted by atomic mass is 15.1. The van der Waals surface area contributed by atoms with Crippen molar-refractivity contribution in [3.05, 3.63) is 70.8 Å². The molecule has 1 heterocycles. The van der Waals surface area contributed by atoms with Crippen molar-refractivity contribution < 1.29 is 0 Å². The van der Waals surface area contributed by atoms with E-state index in [9.17, 15) is 0 Å². The lowest BCUT2D eigenvalue weighted by Crippen LogP contribution is -2.38. The molecule has 0 aliphatic carbocycles. The average Bonchev–Trinajstić information content (AvgIpc) is 2.62. The van der Waals surface area contributed by atoms with E-state index >= 15 is 0 Å². The predicted molar refractivity (Wildman–Crippen MR) is 106 cm³/mol. The second kappa shape index (κ2) is 8.98. The highest BCUT2D eigenvalue weighted by Gasteiger charge is 2.22. The van der Waals surface area contributed by atoms with Gasteiger partial charge in [0.25, 0.3) is 0 Å². The Labute approximate surface area is 157 Å². The fraction of sp³-hybridized carbons (Fsp3) is 0.435. The number of hydrogen-bond donors (Lipinski definition) is 1. The molecule has 0 bridgehead atoms. The summed E-state index contributed by atoms with van der Waals surface area (Å²) in [5.41, 5.74) is 4.67. The highest BCUT2D eigenvalue weighted by Crippen LogP contribution is 2.23. The molecule has 26 heavy (non-hydrogen) atoms. The van der Waals surface area contributed by atoms with Gasteiger partial charge in [-0.15, -0.1) is 0 Å². The van der Waals surface area contributed by atoms with Gasteiger partial charge in [-0.3, -0.25) is 4.90 Å². The summed E-state index contributed by atoms with van der Waals surface area (Å²) < 4.78 is 0. The highest BCUT2D eigenvalue weighted by molar-refractivity contribution is 5.33. The molecule has 0 amide bonds. The molecule has 3 heteroatoms. The van der Waals surface area contributed by atoms with Crippen molar-refractivity contribution in [2.24, 2.45) is 11.8 Å². The number of nitrogens with one attached hydrogen (secondary N) is 1. The molecular weight excluding hydrogens is 318 g/mol. The Hall–Kier alpha value is -2.15. The molecule has 1 fully saturated rings. The van der Waals surface area contributed by atoms with Gasteiger partial charge in [0.1, 0.15) is 0 Å². The first kappa shape index (κ1) is 18.6. The largest absolute Gasteiger partial charge is 0.309 e. The van der Waals surface area contributed by atoms with Crippen LogP contribution < -0.4 is 5.32 Å². The molecule has 0 saturated carbocycles. The van der Waals surface area contributed by atoms with Crippen LogP contribution in [0.5, 0.6) is 0 Å². The van der Waals surface area contributed by atoms with E-state index in [1.165, 1.54) is 30.6 Å². The van der Waals surface area contributed by atoms with Crippen LogP contribution in [0.4, 0.5) is 0 Å². The third-order valence-corrected chi connectivity index (χ3v) is 5.16. The molecule has 0 unspecified atom stereocenters. The topological polar surface area (TPSA) is 39.1 Å². The fourth-order valence-electron chi connectivity index (χ4n) is 4.14. The summed E-state index contributed by atoms with van der Waals surface area (Å²) in [6.45, 7) is 9.81. The molecule has 1 aliphatic heterocycles. The molecule has 2 atom stereocenters. The first-order chi connectivity index (χ1) is 12.6. The Morgan fingerprint density at radius 1 is 1.00 bits per heavy atom. The fourth-order valence-corrected chi connectivity index (χ4v) is 4.14. The molecule has 1 saturated heterocycles. The average molecular weight is 348 g/mol. The van der Waals surface area contributed by atoms with Crippen LogP contribution in [0, 0.1) is 23.2 Å². The maximum Gasteiger partial charge on any atom is 0.0991 e. The van der Waals surface area contributed by atoms with Crippen molar-refractivity contribution in [2.45, 2.75) is 39.9 Å². The molecular formula is C23H29N3. The monoisotopic (exact) mass is 347 g/mol. The van der Waals surface area contributed by atoms with Crippen LogP contribution >= 0.6 is 0 Å². The van der Waals surface area contributed by atoms with Gasteiger partial charge in [0.15, 0.2) is 0 Å². The molecule has 136 valence electrons. The van der Waals surface area contributed by atoms with E-state index in [1.54, 1.807) is 0 Å². The number of hydrogen-bond acceptors (Lipinski definition) is 3. The molecule has 0 aromatic heterocycles. The molecule has 1 aliphatic rings. The molecule has 0 radical (unpaired) electrons. The molecule has 3 nitrogen and oxygen atoms in total. The Morgan fingerprint density at radius 3 is 2.46 bits per heavy atom. The van der Waals surface area contributed by atoms with Gasteiger partial charge >= 0.3 is 0 Å².